The average molecular weight is 391 g/mol. The fourth-order valence-electron chi connectivity index (χ4n) is 2.54. The minimum Gasteiger partial charge on any atom is -0.491 e. The molecule has 0 saturated heterocycles. The van der Waals surface area contributed by atoms with Gasteiger partial charge in [-0.25, -0.2) is 14.0 Å². The molecule has 7 nitrogen and oxygen atoms in total. The Balaban J connectivity index is 2.55. The summed E-state index contributed by atoms with van der Waals surface area (Å²) in [7, 11) is 3.97. The average Bonchev–Trinajstić information content (AvgIpc) is 2.93. The van der Waals surface area contributed by atoms with Crippen LogP contribution in [0, 0.1) is 5.82 Å². The predicted octanol–water partition coefficient (Wildman–Crippen LogP) is 2.73. The lowest BCUT2D eigenvalue weighted by atomic mass is 10.1. The van der Waals surface area contributed by atoms with E-state index in [-0.39, 0.29) is 17.0 Å². The van der Waals surface area contributed by atoms with Crippen LogP contribution in [0.1, 0.15) is 6.42 Å². The number of anilines is 1. The maximum absolute atomic E-state index is 14.0. The number of allylic oxidation sites excluding steroid dienone is 2. The highest BCUT2D eigenvalue weighted by molar-refractivity contribution is 6.05. The van der Waals surface area contributed by atoms with E-state index in [1.807, 2.05) is 0 Å². The summed E-state index contributed by atoms with van der Waals surface area (Å²) < 4.78 is 34.3. The first-order valence-electron chi connectivity index (χ1n) is 8.49. The second-order valence-corrected chi connectivity index (χ2v) is 5.62. The molecule has 0 unspecified atom stereocenters. The van der Waals surface area contributed by atoms with E-state index in [4.69, 9.17) is 18.9 Å². The fourth-order valence-corrected chi connectivity index (χ4v) is 2.54. The van der Waals surface area contributed by atoms with Gasteiger partial charge < -0.3 is 23.8 Å². The number of esters is 2. The van der Waals surface area contributed by atoms with Crippen LogP contribution in [-0.4, -0.2) is 46.5 Å². The molecule has 0 bridgehead atoms. The van der Waals surface area contributed by atoms with Gasteiger partial charge in [-0.2, -0.15) is 0 Å². The zero-order valence-electron chi connectivity index (χ0n) is 15.9. The summed E-state index contributed by atoms with van der Waals surface area (Å²) in [6.45, 7) is 0.827. The van der Waals surface area contributed by atoms with Crippen molar-refractivity contribution in [3.05, 3.63) is 59.7 Å². The molecule has 1 heterocycles. The second-order valence-electron chi connectivity index (χ2n) is 5.62. The Morgan fingerprint density at radius 2 is 1.79 bits per heavy atom. The van der Waals surface area contributed by atoms with Gasteiger partial charge in [-0.15, -0.1) is 0 Å². The van der Waals surface area contributed by atoms with Crippen LogP contribution in [0.5, 0.6) is 5.75 Å². The molecule has 0 spiro atoms. The molecular formula is C20H22FNO6. The van der Waals surface area contributed by atoms with Crippen molar-refractivity contribution >= 4 is 17.6 Å². The standard InChI is InChI=1S/C20H22FNO6/c1-25-11-6-12-28-17-9-8-14(21)13-16(17)22-10-5-4-7-15(19(23)26-2)18(22)20(24)27-3/h4-5,7-10,13H,6,11-12H2,1-3H3. The third kappa shape index (κ3) is 4.98. The van der Waals surface area contributed by atoms with E-state index < -0.39 is 17.8 Å². The van der Waals surface area contributed by atoms with Crippen LogP contribution in [0.4, 0.5) is 10.1 Å². The fraction of sp³-hybridized carbons (Fsp3) is 0.300. The molecule has 0 N–H and O–H groups in total. The molecule has 2 rings (SSSR count). The van der Waals surface area contributed by atoms with Crippen LogP contribution in [0.25, 0.3) is 0 Å². The van der Waals surface area contributed by atoms with Gasteiger partial charge in [0.1, 0.15) is 17.3 Å². The van der Waals surface area contributed by atoms with E-state index in [1.54, 1.807) is 19.3 Å². The Kier molecular flexibility index (Phi) is 7.76. The van der Waals surface area contributed by atoms with Crippen molar-refractivity contribution in [1.29, 1.82) is 0 Å². The molecule has 0 radical (unpaired) electrons. The van der Waals surface area contributed by atoms with E-state index in [1.165, 1.54) is 49.6 Å². The van der Waals surface area contributed by atoms with Gasteiger partial charge in [-0.3, -0.25) is 0 Å². The van der Waals surface area contributed by atoms with Crippen LogP contribution < -0.4 is 9.64 Å². The molecule has 0 atom stereocenters. The molecule has 1 aliphatic rings. The van der Waals surface area contributed by atoms with Crippen molar-refractivity contribution in [1.82, 2.24) is 0 Å². The van der Waals surface area contributed by atoms with Gasteiger partial charge in [-0.1, -0.05) is 6.08 Å². The molecular weight excluding hydrogens is 369 g/mol. The maximum atomic E-state index is 14.0. The number of methoxy groups -OCH3 is 3. The number of halogens is 1. The molecule has 0 aliphatic carbocycles. The predicted molar refractivity (Wildman–Crippen MR) is 100 cm³/mol. The summed E-state index contributed by atoms with van der Waals surface area (Å²) in [5.41, 5.74) is 0.0832. The molecule has 1 aromatic carbocycles. The van der Waals surface area contributed by atoms with Gasteiger partial charge in [-0.05, 0) is 24.3 Å². The topological polar surface area (TPSA) is 74.3 Å². The highest BCUT2D eigenvalue weighted by atomic mass is 19.1. The van der Waals surface area contributed by atoms with Gasteiger partial charge in [0, 0.05) is 32.4 Å². The van der Waals surface area contributed by atoms with Crippen molar-refractivity contribution in [3.8, 4) is 5.75 Å². The van der Waals surface area contributed by atoms with E-state index in [0.717, 1.165) is 0 Å². The summed E-state index contributed by atoms with van der Waals surface area (Å²) >= 11 is 0. The summed E-state index contributed by atoms with van der Waals surface area (Å²) in [6, 6.07) is 3.91. The summed E-state index contributed by atoms with van der Waals surface area (Å²) in [6.07, 6.45) is 6.71. The van der Waals surface area contributed by atoms with E-state index in [0.29, 0.717) is 25.4 Å². The molecule has 0 saturated carbocycles. The normalized spacial score (nSPS) is 13.4. The third-order valence-corrected chi connectivity index (χ3v) is 3.82. The Morgan fingerprint density at radius 3 is 2.46 bits per heavy atom. The first-order chi connectivity index (χ1) is 13.5. The van der Waals surface area contributed by atoms with Gasteiger partial charge in [0.25, 0.3) is 0 Å². The highest BCUT2D eigenvalue weighted by Gasteiger charge is 2.29. The number of ether oxygens (including phenoxy) is 4. The van der Waals surface area contributed by atoms with Gasteiger partial charge in [0.2, 0.25) is 0 Å². The highest BCUT2D eigenvalue weighted by Crippen LogP contribution is 2.34. The van der Waals surface area contributed by atoms with E-state index in [2.05, 4.69) is 0 Å². The number of hydrogen-bond donors (Lipinski definition) is 0. The zero-order chi connectivity index (χ0) is 20.5. The monoisotopic (exact) mass is 391 g/mol. The number of carbonyl (C=O) groups excluding carboxylic acids is 2. The van der Waals surface area contributed by atoms with Crippen molar-refractivity contribution < 1.29 is 32.9 Å². The number of benzene rings is 1. The minimum atomic E-state index is -0.786. The summed E-state index contributed by atoms with van der Waals surface area (Å²) in [5.74, 6) is -1.72. The van der Waals surface area contributed by atoms with Crippen LogP contribution >= 0.6 is 0 Å². The number of hydrogen-bond acceptors (Lipinski definition) is 7. The van der Waals surface area contributed by atoms with E-state index >= 15 is 0 Å². The van der Waals surface area contributed by atoms with Crippen molar-refractivity contribution in [3.63, 3.8) is 0 Å². The Hall–Kier alpha value is -3.13. The Labute approximate surface area is 162 Å². The number of carbonyl (C=O) groups is 2. The van der Waals surface area contributed by atoms with Crippen LogP contribution in [0.15, 0.2) is 53.9 Å². The van der Waals surface area contributed by atoms with Crippen molar-refractivity contribution in [2.75, 3.05) is 39.4 Å². The van der Waals surface area contributed by atoms with Gasteiger partial charge in [0.15, 0.2) is 0 Å². The lowest BCUT2D eigenvalue weighted by Crippen LogP contribution is -2.27. The summed E-state index contributed by atoms with van der Waals surface area (Å²) in [4.78, 5) is 26.0. The van der Waals surface area contributed by atoms with Gasteiger partial charge in [0.05, 0.1) is 32.1 Å². The molecule has 28 heavy (non-hydrogen) atoms. The molecule has 150 valence electrons. The Bertz CT molecular complexity index is 815. The van der Waals surface area contributed by atoms with Crippen molar-refractivity contribution in [2.24, 2.45) is 0 Å². The maximum Gasteiger partial charge on any atom is 0.355 e. The van der Waals surface area contributed by atoms with Crippen LogP contribution in [-0.2, 0) is 23.8 Å². The molecule has 0 aromatic heterocycles. The summed E-state index contributed by atoms with van der Waals surface area (Å²) in [5, 5.41) is 0. The quantitative estimate of drug-likeness (QED) is 0.498. The van der Waals surface area contributed by atoms with Gasteiger partial charge >= 0.3 is 11.9 Å². The Morgan fingerprint density at radius 1 is 1.04 bits per heavy atom. The number of nitrogens with zero attached hydrogens (tertiary/aromatic N) is 1. The molecule has 0 fully saturated rings. The largest absolute Gasteiger partial charge is 0.491 e. The first-order valence-corrected chi connectivity index (χ1v) is 8.49. The number of rotatable bonds is 8. The third-order valence-electron chi connectivity index (χ3n) is 3.82. The lowest BCUT2D eigenvalue weighted by Gasteiger charge is -2.25. The SMILES string of the molecule is COCCCOc1ccc(F)cc1N1C=CC=CC(C(=O)OC)=C1C(=O)OC. The minimum absolute atomic E-state index is 0.0334. The molecule has 1 aromatic rings. The smallest absolute Gasteiger partial charge is 0.355 e. The first kappa shape index (κ1) is 21.2. The molecule has 0 amide bonds. The lowest BCUT2D eigenvalue weighted by molar-refractivity contribution is -0.139. The van der Waals surface area contributed by atoms with Crippen LogP contribution in [0.2, 0.25) is 0 Å². The molecule has 1 aliphatic heterocycles. The zero-order valence-corrected chi connectivity index (χ0v) is 15.9. The van der Waals surface area contributed by atoms with Crippen LogP contribution in [0.3, 0.4) is 0 Å². The second kappa shape index (κ2) is 10.3. The molecule has 8 heteroatoms. The van der Waals surface area contributed by atoms with Crippen molar-refractivity contribution in [2.45, 2.75) is 6.42 Å². The van der Waals surface area contributed by atoms with E-state index in [9.17, 15) is 14.0 Å².